The number of unbranched alkanes of at least 4 members (excludes halogenated alkanes) is 1. The van der Waals surface area contributed by atoms with Gasteiger partial charge in [-0.3, -0.25) is 9.36 Å². The third-order valence-corrected chi connectivity index (χ3v) is 4.43. The summed E-state index contributed by atoms with van der Waals surface area (Å²) in [4.78, 5) is 20.6. The highest BCUT2D eigenvalue weighted by Gasteiger charge is 2.17. The summed E-state index contributed by atoms with van der Waals surface area (Å²) in [6.07, 6.45) is 8.65. The van der Waals surface area contributed by atoms with E-state index in [1.165, 1.54) is 4.68 Å². The number of tetrazole rings is 1. The van der Waals surface area contributed by atoms with E-state index in [9.17, 15) is 4.79 Å². The largest absolute Gasteiger partial charge is 0.633 e. The summed E-state index contributed by atoms with van der Waals surface area (Å²) < 4.78 is 7.80. The molecule has 15 heteroatoms. The van der Waals surface area contributed by atoms with Gasteiger partial charge >= 0.3 is 7.32 Å². The molecule has 0 aliphatic rings. The summed E-state index contributed by atoms with van der Waals surface area (Å²) in [6, 6.07) is 3.26. The molecule has 0 bridgehead atoms. The van der Waals surface area contributed by atoms with E-state index in [-0.39, 0.29) is 31.5 Å². The second-order valence-corrected chi connectivity index (χ2v) is 6.77. The van der Waals surface area contributed by atoms with Crippen LogP contribution < -0.4 is 11.1 Å². The van der Waals surface area contributed by atoms with E-state index in [4.69, 9.17) is 15.8 Å². The SMILES string of the molecule is Cl.NC(CCCCOB(O)O)c1nnnn1CC(=O)NCc1ccc(-n2ccnc2)nc1. The van der Waals surface area contributed by atoms with Crippen LogP contribution in [0.2, 0.25) is 0 Å². The predicted octanol–water partition coefficient (Wildman–Crippen LogP) is -0.852. The van der Waals surface area contributed by atoms with Crippen LogP contribution in [0.5, 0.6) is 0 Å². The first-order valence-corrected chi connectivity index (χ1v) is 9.72. The van der Waals surface area contributed by atoms with E-state index in [1.54, 1.807) is 29.5 Å². The average Bonchev–Trinajstić information content (AvgIpc) is 3.44. The van der Waals surface area contributed by atoms with Crippen molar-refractivity contribution >= 4 is 25.6 Å². The Morgan fingerprint density at radius 2 is 2.16 bits per heavy atom. The minimum atomic E-state index is -1.77. The van der Waals surface area contributed by atoms with Crippen molar-refractivity contribution in [1.82, 2.24) is 40.1 Å². The third-order valence-electron chi connectivity index (χ3n) is 4.43. The van der Waals surface area contributed by atoms with Crippen LogP contribution in [-0.2, 0) is 22.5 Å². The molecule has 3 heterocycles. The van der Waals surface area contributed by atoms with Gasteiger partial charge in [0.05, 0.1) is 6.04 Å². The maximum Gasteiger partial charge on any atom is 0.633 e. The lowest BCUT2D eigenvalue weighted by Crippen LogP contribution is -2.29. The Balaban J connectivity index is 0.00000363. The van der Waals surface area contributed by atoms with Gasteiger partial charge in [-0.05, 0) is 41.3 Å². The fourth-order valence-electron chi connectivity index (χ4n) is 2.84. The number of halogens is 1. The Kier molecular flexibility index (Phi) is 10.2. The number of nitrogens with zero attached hydrogens (tertiary/aromatic N) is 7. The molecule has 0 radical (unpaired) electrons. The quantitative estimate of drug-likeness (QED) is 0.194. The van der Waals surface area contributed by atoms with Gasteiger partial charge in [-0.25, -0.2) is 14.6 Å². The van der Waals surface area contributed by atoms with Crippen molar-refractivity contribution in [3.63, 3.8) is 0 Å². The van der Waals surface area contributed by atoms with E-state index >= 15 is 0 Å². The number of carbonyl (C=O) groups excluding carboxylic acids is 1. The second kappa shape index (κ2) is 12.8. The minimum Gasteiger partial charge on any atom is -0.402 e. The van der Waals surface area contributed by atoms with Gasteiger partial charge < -0.3 is 25.8 Å². The summed E-state index contributed by atoms with van der Waals surface area (Å²) in [5.41, 5.74) is 6.98. The molecule has 3 rings (SSSR count). The zero-order valence-corrected chi connectivity index (χ0v) is 18.0. The van der Waals surface area contributed by atoms with Crippen LogP contribution in [0.25, 0.3) is 5.82 Å². The lowest BCUT2D eigenvalue weighted by atomic mass is 10.1. The average molecular weight is 466 g/mol. The molecule has 0 spiro atoms. The Labute approximate surface area is 190 Å². The highest BCUT2D eigenvalue weighted by molar-refractivity contribution is 6.32. The van der Waals surface area contributed by atoms with Gasteiger partial charge in [0.1, 0.15) is 18.7 Å². The van der Waals surface area contributed by atoms with Gasteiger partial charge in [-0.1, -0.05) is 6.07 Å². The van der Waals surface area contributed by atoms with Crippen molar-refractivity contribution in [2.45, 2.75) is 38.4 Å². The maximum atomic E-state index is 12.3. The van der Waals surface area contributed by atoms with Crippen molar-refractivity contribution in [2.75, 3.05) is 6.61 Å². The molecule has 1 amide bonds. The molecule has 0 aliphatic carbocycles. The number of carbonyl (C=O) groups is 1. The number of amides is 1. The Morgan fingerprint density at radius 1 is 1.31 bits per heavy atom. The smallest absolute Gasteiger partial charge is 0.402 e. The van der Waals surface area contributed by atoms with Crippen LogP contribution in [0.15, 0.2) is 37.1 Å². The zero-order chi connectivity index (χ0) is 22.1. The lowest BCUT2D eigenvalue weighted by molar-refractivity contribution is -0.122. The van der Waals surface area contributed by atoms with E-state index in [0.717, 1.165) is 11.4 Å². The Hall–Kier alpha value is -2.91. The highest BCUT2D eigenvalue weighted by Crippen LogP contribution is 2.13. The molecule has 5 N–H and O–H groups in total. The number of nitrogens with two attached hydrogens (primary N) is 1. The normalized spacial score (nSPS) is 11.6. The Bertz CT molecular complexity index is 940. The fraction of sp³-hybridized carbons (Fsp3) is 0.412. The number of hydrogen-bond donors (Lipinski definition) is 4. The maximum absolute atomic E-state index is 12.3. The van der Waals surface area contributed by atoms with Crippen LogP contribution in [0.1, 0.15) is 36.7 Å². The van der Waals surface area contributed by atoms with E-state index in [1.807, 2.05) is 12.1 Å². The monoisotopic (exact) mass is 465 g/mol. The second-order valence-electron chi connectivity index (χ2n) is 6.77. The summed E-state index contributed by atoms with van der Waals surface area (Å²) in [7, 11) is -1.77. The summed E-state index contributed by atoms with van der Waals surface area (Å²) in [5.74, 6) is 0.883. The first kappa shape index (κ1) is 25.4. The van der Waals surface area contributed by atoms with Crippen molar-refractivity contribution in [3.8, 4) is 5.82 Å². The third kappa shape index (κ3) is 7.65. The van der Waals surface area contributed by atoms with Gasteiger partial charge in [0, 0.05) is 31.7 Å². The van der Waals surface area contributed by atoms with E-state index < -0.39 is 13.4 Å². The van der Waals surface area contributed by atoms with Gasteiger partial charge in [0.15, 0.2) is 5.82 Å². The van der Waals surface area contributed by atoms with Gasteiger partial charge in [-0.15, -0.1) is 17.5 Å². The minimum absolute atomic E-state index is 0. The van der Waals surface area contributed by atoms with E-state index in [0.29, 0.717) is 31.6 Å². The summed E-state index contributed by atoms with van der Waals surface area (Å²) in [5, 5.41) is 31.4. The number of pyridine rings is 1. The zero-order valence-electron chi connectivity index (χ0n) is 17.2. The van der Waals surface area contributed by atoms with Crippen molar-refractivity contribution in [1.29, 1.82) is 0 Å². The number of aromatic nitrogens is 7. The standard InChI is InChI=1S/C17H24BN9O4.ClH/c19-14(3-1-2-8-31-18(29)30)17-23-24-25-27(17)11-16(28)22-10-13-4-5-15(21-9-13)26-7-6-20-12-26;/h4-7,9,12,14,29-30H,1-3,8,10-11,19H2,(H,22,28);1H. The molecule has 0 aliphatic heterocycles. The molecule has 13 nitrogen and oxygen atoms in total. The fourth-order valence-corrected chi connectivity index (χ4v) is 2.84. The Morgan fingerprint density at radius 3 is 2.84 bits per heavy atom. The van der Waals surface area contributed by atoms with Crippen LogP contribution in [0.3, 0.4) is 0 Å². The van der Waals surface area contributed by atoms with Gasteiger partial charge in [0.25, 0.3) is 0 Å². The molecule has 3 aromatic rings. The summed E-state index contributed by atoms with van der Waals surface area (Å²) in [6.45, 7) is 0.461. The molecular weight excluding hydrogens is 441 g/mol. The topological polar surface area (TPSA) is 179 Å². The predicted molar refractivity (Wildman–Crippen MR) is 115 cm³/mol. The number of rotatable bonds is 12. The number of nitrogens with one attached hydrogen (secondary N) is 1. The molecule has 1 unspecified atom stereocenters. The first-order chi connectivity index (χ1) is 15.0. The van der Waals surface area contributed by atoms with Crippen LogP contribution >= 0.6 is 12.4 Å². The molecule has 3 aromatic heterocycles. The molecule has 0 aromatic carbocycles. The van der Waals surface area contributed by atoms with Crippen molar-refractivity contribution in [2.24, 2.45) is 5.73 Å². The molecular formula is C17H25BClN9O4. The molecule has 172 valence electrons. The number of hydrogen-bond acceptors (Lipinski definition) is 10. The van der Waals surface area contributed by atoms with Gasteiger partial charge in [0.2, 0.25) is 5.91 Å². The molecule has 0 saturated carbocycles. The molecule has 32 heavy (non-hydrogen) atoms. The molecule has 0 fully saturated rings. The van der Waals surface area contributed by atoms with Crippen LogP contribution in [0.4, 0.5) is 0 Å². The lowest BCUT2D eigenvalue weighted by Gasteiger charge is -2.12. The van der Waals surface area contributed by atoms with E-state index in [2.05, 4.69) is 35.5 Å². The number of imidazole rings is 1. The summed E-state index contributed by atoms with van der Waals surface area (Å²) >= 11 is 0. The first-order valence-electron chi connectivity index (χ1n) is 9.72. The van der Waals surface area contributed by atoms with Crippen LogP contribution in [0, 0.1) is 0 Å². The van der Waals surface area contributed by atoms with Crippen molar-refractivity contribution < 1.29 is 19.5 Å². The molecule has 0 saturated heterocycles. The van der Waals surface area contributed by atoms with Crippen molar-refractivity contribution in [3.05, 3.63) is 48.4 Å². The molecule has 1 atom stereocenters. The highest BCUT2D eigenvalue weighted by atomic mass is 35.5. The van der Waals surface area contributed by atoms with Crippen LogP contribution in [-0.4, -0.2) is 64.6 Å². The van der Waals surface area contributed by atoms with Gasteiger partial charge in [-0.2, -0.15) is 0 Å².